The molecule has 1 fully saturated rings. The summed E-state index contributed by atoms with van der Waals surface area (Å²) in [5.74, 6) is -0.221. The summed E-state index contributed by atoms with van der Waals surface area (Å²) in [7, 11) is 0. The molecular weight excluding hydrogens is 391 g/mol. The summed E-state index contributed by atoms with van der Waals surface area (Å²) in [6.45, 7) is 3.36. The van der Waals surface area contributed by atoms with Crippen LogP contribution in [-0.4, -0.2) is 34.4 Å². The quantitative estimate of drug-likeness (QED) is 0.607. The van der Waals surface area contributed by atoms with E-state index in [2.05, 4.69) is 16.4 Å². The lowest BCUT2D eigenvalue weighted by Crippen LogP contribution is -2.46. The van der Waals surface area contributed by atoms with Gasteiger partial charge in [0.25, 0.3) is 5.91 Å². The highest BCUT2D eigenvalue weighted by Crippen LogP contribution is 2.26. The van der Waals surface area contributed by atoms with Crippen molar-refractivity contribution in [1.82, 2.24) is 15.2 Å². The molecular formula is C25H27FN4O. The number of halogens is 1. The van der Waals surface area contributed by atoms with Crippen molar-refractivity contribution in [3.8, 4) is 6.07 Å². The van der Waals surface area contributed by atoms with Gasteiger partial charge in [0.2, 0.25) is 0 Å². The van der Waals surface area contributed by atoms with Crippen LogP contribution in [0.25, 0.3) is 10.9 Å². The number of hydrogen-bond acceptors (Lipinski definition) is 3. The van der Waals surface area contributed by atoms with E-state index in [4.69, 9.17) is 5.26 Å². The van der Waals surface area contributed by atoms with Crippen molar-refractivity contribution in [3.05, 3.63) is 71.2 Å². The predicted octanol–water partition coefficient (Wildman–Crippen LogP) is 4.74. The molecule has 5 nitrogen and oxygen atoms in total. The van der Waals surface area contributed by atoms with E-state index in [1.165, 1.54) is 12.1 Å². The first kappa shape index (κ1) is 21.1. The third kappa shape index (κ3) is 4.78. The summed E-state index contributed by atoms with van der Waals surface area (Å²) in [6, 6.07) is 16.5. The number of nitriles is 1. The average molecular weight is 419 g/mol. The van der Waals surface area contributed by atoms with Gasteiger partial charge in [-0.15, -0.1) is 0 Å². The van der Waals surface area contributed by atoms with Crippen LogP contribution in [0.1, 0.15) is 54.2 Å². The Morgan fingerprint density at radius 2 is 2.03 bits per heavy atom. The summed E-state index contributed by atoms with van der Waals surface area (Å²) in [5, 5.41) is 13.6. The topological polar surface area (TPSA) is 71.9 Å². The molecule has 31 heavy (non-hydrogen) atoms. The zero-order valence-corrected chi connectivity index (χ0v) is 17.7. The molecule has 1 aliphatic rings. The second kappa shape index (κ2) is 9.32. The van der Waals surface area contributed by atoms with E-state index < -0.39 is 0 Å². The van der Waals surface area contributed by atoms with Crippen LogP contribution in [0.15, 0.2) is 48.5 Å². The summed E-state index contributed by atoms with van der Waals surface area (Å²) >= 11 is 0. The fraction of sp³-hybridized carbons (Fsp3) is 0.360. The average Bonchev–Trinajstić information content (AvgIpc) is 3.23. The second-order valence-electron chi connectivity index (χ2n) is 8.21. The number of carbonyl (C=O) groups is 1. The van der Waals surface area contributed by atoms with Crippen molar-refractivity contribution in [2.75, 3.05) is 6.54 Å². The van der Waals surface area contributed by atoms with Crippen molar-refractivity contribution in [2.45, 2.75) is 51.2 Å². The molecule has 1 aromatic heterocycles. The molecule has 0 bridgehead atoms. The van der Waals surface area contributed by atoms with Crippen molar-refractivity contribution < 1.29 is 9.18 Å². The van der Waals surface area contributed by atoms with Crippen molar-refractivity contribution in [1.29, 1.82) is 5.26 Å². The van der Waals surface area contributed by atoms with Gasteiger partial charge in [-0.25, -0.2) is 4.39 Å². The molecule has 2 unspecified atom stereocenters. The van der Waals surface area contributed by atoms with Crippen LogP contribution in [0.5, 0.6) is 0 Å². The number of rotatable bonds is 6. The number of nitrogens with zero attached hydrogens (tertiary/aromatic N) is 2. The molecule has 1 amide bonds. The highest BCUT2D eigenvalue weighted by molar-refractivity contribution is 5.98. The molecule has 2 atom stereocenters. The van der Waals surface area contributed by atoms with Crippen molar-refractivity contribution >= 4 is 16.8 Å². The number of H-pyrrole nitrogens is 1. The second-order valence-corrected chi connectivity index (χ2v) is 8.21. The monoisotopic (exact) mass is 418 g/mol. The van der Waals surface area contributed by atoms with Crippen LogP contribution in [-0.2, 0) is 6.54 Å². The number of aromatic amines is 1. The van der Waals surface area contributed by atoms with E-state index in [1.807, 2.05) is 24.0 Å². The maximum atomic E-state index is 13.3. The molecule has 2 N–H and O–H groups in total. The lowest BCUT2D eigenvalue weighted by atomic mass is 9.89. The molecule has 0 spiro atoms. The van der Waals surface area contributed by atoms with Gasteiger partial charge in [0.1, 0.15) is 11.5 Å². The normalized spacial score (nSPS) is 18.6. The van der Waals surface area contributed by atoms with E-state index in [1.54, 1.807) is 24.3 Å². The van der Waals surface area contributed by atoms with Gasteiger partial charge in [-0.2, -0.15) is 5.26 Å². The molecule has 1 saturated carbocycles. The smallest absolute Gasteiger partial charge is 0.270 e. The molecule has 3 aromatic rings. The Labute approximate surface area is 181 Å². The zero-order valence-electron chi connectivity index (χ0n) is 17.7. The molecule has 4 rings (SSSR count). The standard InChI is InChI=1S/C25H27FN4O/c1-2-30(25(31)24-13-19-12-18(15-27)8-11-23(19)29-24)22-5-3-4-21(14-22)28-16-17-6-9-20(26)10-7-17/h6-13,21-22,28-29H,2-5,14,16H2,1H3. The van der Waals surface area contributed by atoms with Gasteiger partial charge in [-0.1, -0.05) is 12.1 Å². The molecule has 2 aromatic carbocycles. The van der Waals surface area contributed by atoms with Crippen LogP contribution in [0.4, 0.5) is 4.39 Å². The third-order valence-electron chi connectivity index (χ3n) is 6.18. The fourth-order valence-corrected chi connectivity index (χ4v) is 4.54. The summed E-state index contributed by atoms with van der Waals surface area (Å²) in [4.78, 5) is 18.5. The van der Waals surface area contributed by atoms with Crippen LogP contribution < -0.4 is 5.32 Å². The fourth-order valence-electron chi connectivity index (χ4n) is 4.54. The highest BCUT2D eigenvalue weighted by atomic mass is 19.1. The Morgan fingerprint density at radius 1 is 1.23 bits per heavy atom. The van der Waals surface area contributed by atoms with Gasteiger partial charge in [-0.05, 0) is 74.6 Å². The lowest BCUT2D eigenvalue weighted by Gasteiger charge is -2.37. The van der Waals surface area contributed by atoms with Crippen molar-refractivity contribution in [3.63, 3.8) is 0 Å². The maximum absolute atomic E-state index is 13.3. The van der Waals surface area contributed by atoms with E-state index in [0.717, 1.165) is 42.1 Å². The SMILES string of the molecule is CCN(C(=O)c1cc2cc(C#N)ccc2[nH]1)C1CCCC(NCc2ccc(F)cc2)C1. The highest BCUT2D eigenvalue weighted by Gasteiger charge is 2.29. The first-order valence-corrected chi connectivity index (χ1v) is 10.9. The molecule has 0 radical (unpaired) electrons. The molecule has 1 aliphatic carbocycles. The molecule has 0 saturated heterocycles. The van der Waals surface area contributed by atoms with Gasteiger partial charge < -0.3 is 15.2 Å². The number of amides is 1. The number of nitrogens with one attached hydrogen (secondary N) is 2. The zero-order chi connectivity index (χ0) is 21.8. The molecule has 160 valence electrons. The predicted molar refractivity (Wildman–Crippen MR) is 119 cm³/mol. The maximum Gasteiger partial charge on any atom is 0.270 e. The number of aromatic nitrogens is 1. The van der Waals surface area contributed by atoms with Crippen LogP contribution in [0.2, 0.25) is 0 Å². The minimum Gasteiger partial charge on any atom is -0.351 e. The van der Waals surface area contributed by atoms with E-state index in [-0.39, 0.29) is 17.8 Å². The van der Waals surface area contributed by atoms with Gasteiger partial charge in [0.05, 0.1) is 11.6 Å². The number of fused-ring (bicyclic) bond motifs is 1. The van der Waals surface area contributed by atoms with E-state index in [9.17, 15) is 9.18 Å². The summed E-state index contributed by atoms with van der Waals surface area (Å²) < 4.78 is 13.1. The van der Waals surface area contributed by atoms with E-state index >= 15 is 0 Å². The molecule has 0 aliphatic heterocycles. The van der Waals surface area contributed by atoms with Crippen LogP contribution in [0, 0.1) is 17.1 Å². The summed E-state index contributed by atoms with van der Waals surface area (Å²) in [5.41, 5.74) is 3.07. The first-order valence-electron chi connectivity index (χ1n) is 10.9. The molecule has 6 heteroatoms. The van der Waals surface area contributed by atoms with Crippen LogP contribution >= 0.6 is 0 Å². The Kier molecular flexibility index (Phi) is 6.34. The number of carbonyl (C=O) groups excluding carboxylic acids is 1. The largest absolute Gasteiger partial charge is 0.351 e. The number of hydrogen-bond donors (Lipinski definition) is 2. The Morgan fingerprint density at radius 3 is 2.77 bits per heavy atom. The van der Waals surface area contributed by atoms with Gasteiger partial charge in [0.15, 0.2) is 0 Å². The van der Waals surface area contributed by atoms with Gasteiger partial charge in [-0.3, -0.25) is 4.79 Å². The number of benzene rings is 2. The minimum atomic E-state index is -0.223. The molecule has 1 heterocycles. The Balaban J connectivity index is 1.43. The summed E-state index contributed by atoms with van der Waals surface area (Å²) in [6.07, 6.45) is 4.03. The third-order valence-corrected chi connectivity index (χ3v) is 6.18. The van der Waals surface area contributed by atoms with Gasteiger partial charge >= 0.3 is 0 Å². The lowest BCUT2D eigenvalue weighted by molar-refractivity contribution is 0.0623. The first-order chi connectivity index (χ1) is 15.1. The van der Waals surface area contributed by atoms with E-state index in [0.29, 0.717) is 30.4 Å². The Bertz CT molecular complexity index is 1100. The van der Waals surface area contributed by atoms with Gasteiger partial charge in [0, 0.05) is 36.1 Å². The van der Waals surface area contributed by atoms with Crippen molar-refractivity contribution in [2.24, 2.45) is 0 Å². The van der Waals surface area contributed by atoms with Crippen LogP contribution in [0.3, 0.4) is 0 Å². The Hall–Kier alpha value is -3.17. The minimum absolute atomic E-state index is 0.00129.